The molecule has 3 N–H and O–H groups in total. The average molecular weight is 261 g/mol. The number of carboxylic acid groups (broad SMARTS) is 1. The Morgan fingerprint density at radius 3 is 2.06 bits per heavy atom. The second kappa shape index (κ2) is 4.61. The zero-order valence-electron chi connectivity index (χ0n) is 9.95. The Morgan fingerprint density at radius 1 is 1.22 bits per heavy atom. The monoisotopic (exact) mass is 261 g/mol. The summed E-state index contributed by atoms with van der Waals surface area (Å²) in [6.07, 6.45) is -4.54. The smallest absolute Gasteiger partial charge is 0.416 e. The van der Waals surface area contributed by atoms with Crippen molar-refractivity contribution in [3.63, 3.8) is 0 Å². The lowest BCUT2D eigenvalue weighted by atomic mass is 9.76. The van der Waals surface area contributed by atoms with Gasteiger partial charge in [-0.2, -0.15) is 13.2 Å². The first-order valence-corrected chi connectivity index (χ1v) is 5.23. The fraction of sp³-hybridized carbons (Fsp3) is 0.417. The van der Waals surface area contributed by atoms with E-state index in [0.29, 0.717) is 0 Å². The zero-order chi connectivity index (χ0) is 14.1. The van der Waals surface area contributed by atoms with E-state index in [0.717, 1.165) is 6.07 Å². The van der Waals surface area contributed by atoms with E-state index >= 15 is 0 Å². The summed E-state index contributed by atoms with van der Waals surface area (Å²) in [7, 11) is 0. The van der Waals surface area contributed by atoms with Gasteiger partial charge in [-0.15, -0.1) is 0 Å². The van der Waals surface area contributed by atoms with Crippen LogP contribution in [-0.4, -0.2) is 17.1 Å². The van der Waals surface area contributed by atoms with Crippen molar-refractivity contribution in [2.45, 2.75) is 31.5 Å². The first kappa shape index (κ1) is 14.5. The third kappa shape index (κ3) is 2.64. The largest absolute Gasteiger partial charge is 0.480 e. The summed E-state index contributed by atoms with van der Waals surface area (Å²) in [5, 5.41) is 8.87. The van der Waals surface area contributed by atoms with Crippen LogP contribution in [0.4, 0.5) is 13.2 Å². The number of rotatable bonds is 3. The summed E-state index contributed by atoms with van der Waals surface area (Å²) in [5.41, 5.74) is 3.18. The zero-order valence-corrected chi connectivity index (χ0v) is 9.95. The highest BCUT2D eigenvalue weighted by Gasteiger charge is 2.41. The van der Waals surface area contributed by atoms with Gasteiger partial charge in [-0.05, 0) is 11.6 Å². The molecular formula is C12H14F3NO2. The molecule has 1 atom stereocenters. The average Bonchev–Trinajstić information content (AvgIpc) is 2.26. The predicted molar refractivity (Wildman–Crippen MR) is 60.1 cm³/mol. The highest BCUT2D eigenvalue weighted by atomic mass is 19.4. The molecule has 0 heterocycles. The Balaban J connectivity index is 3.37. The van der Waals surface area contributed by atoms with Gasteiger partial charge < -0.3 is 10.8 Å². The normalized spacial score (nSPS) is 14.3. The molecule has 18 heavy (non-hydrogen) atoms. The van der Waals surface area contributed by atoms with Crippen LogP contribution in [0.5, 0.6) is 0 Å². The molecule has 0 bridgehead atoms. The van der Waals surface area contributed by atoms with Crippen LogP contribution >= 0.6 is 0 Å². The van der Waals surface area contributed by atoms with Crippen LogP contribution in [0.3, 0.4) is 0 Å². The summed E-state index contributed by atoms with van der Waals surface area (Å²) in [6, 6.07) is 3.45. The molecule has 0 aliphatic heterocycles. The molecule has 0 aliphatic carbocycles. The Kier molecular flexibility index (Phi) is 3.71. The van der Waals surface area contributed by atoms with Gasteiger partial charge in [-0.3, -0.25) is 4.79 Å². The van der Waals surface area contributed by atoms with Gasteiger partial charge in [0.05, 0.1) is 5.56 Å². The molecule has 0 radical (unpaired) electrons. The van der Waals surface area contributed by atoms with E-state index in [1.54, 1.807) is 0 Å². The number of alkyl halides is 3. The Labute approximate surface area is 102 Å². The summed E-state index contributed by atoms with van der Waals surface area (Å²) >= 11 is 0. The van der Waals surface area contributed by atoms with E-state index in [9.17, 15) is 18.0 Å². The van der Waals surface area contributed by atoms with Crippen LogP contribution in [-0.2, 0) is 16.4 Å². The molecule has 6 heteroatoms. The van der Waals surface area contributed by atoms with E-state index in [1.165, 1.54) is 32.0 Å². The molecule has 0 aromatic heterocycles. The summed E-state index contributed by atoms with van der Waals surface area (Å²) < 4.78 is 38.6. The number of carbonyl (C=O) groups is 1. The lowest BCUT2D eigenvalue weighted by molar-refractivity contribution is -0.142. The SMILES string of the molecule is CC(C)(c1ccccc1C(F)(F)F)C(N)C(=O)O. The molecule has 0 aliphatic rings. The number of halogens is 3. The van der Waals surface area contributed by atoms with Gasteiger partial charge in [0, 0.05) is 5.41 Å². The first-order chi connectivity index (χ1) is 8.08. The minimum absolute atomic E-state index is 0.118. The van der Waals surface area contributed by atoms with Crippen molar-refractivity contribution in [1.82, 2.24) is 0 Å². The molecule has 0 amide bonds. The van der Waals surface area contributed by atoms with Crippen molar-refractivity contribution in [3.05, 3.63) is 35.4 Å². The maximum Gasteiger partial charge on any atom is 0.416 e. The van der Waals surface area contributed by atoms with Crippen LogP contribution < -0.4 is 5.73 Å². The van der Waals surface area contributed by atoms with Crippen LogP contribution in [0.25, 0.3) is 0 Å². The second-order valence-electron chi connectivity index (χ2n) is 4.58. The van der Waals surface area contributed by atoms with Crippen molar-refractivity contribution in [2.24, 2.45) is 5.73 Å². The maximum atomic E-state index is 12.9. The van der Waals surface area contributed by atoms with Crippen molar-refractivity contribution in [3.8, 4) is 0 Å². The number of aliphatic carboxylic acids is 1. The topological polar surface area (TPSA) is 63.3 Å². The third-order valence-electron chi connectivity index (χ3n) is 2.97. The molecule has 0 fully saturated rings. The molecular weight excluding hydrogens is 247 g/mol. The van der Waals surface area contributed by atoms with Gasteiger partial charge >= 0.3 is 12.1 Å². The molecule has 3 nitrogen and oxygen atoms in total. The molecule has 1 rings (SSSR count). The molecule has 1 unspecified atom stereocenters. The molecule has 0 saturated carbocycles. The summed E-state index contributed by atoms with van der Waals surface area (Å²) in [6.45, 7) is 2.77. The van der Waals surface area contributed by atoms with Crippen LogP contribution in [0, 0.1) is 0 Å². The minimum atomic E-state index is -4.54. The Morgan fingerprint density at radius 2 is 1.67 bits per heavy atom. The highest BCUT2D eigenvalue weighted by Crippen LogP contribution is 2.38. The minimum Gasteiger partial charge on any atom is -0.480 e. The Hall–Kier alpha value is -1.56. The lowest BCUT2D eigenvalue weighted by Gasteiger charge is -2.31. The van der Waals surface area contributed by atoms with Gasteiger partial charge in [0.2, 0.25) is 0 Å². The van der Waals surface area contributed by atoms with E-state index in [1.807, 2.05) is 0 Å². The quantitative estimate of drug-likeness (QED) is 0.878. The molecule has 1 aromatic carbocycles. The second-order valence-corrected chi connectivity index (χ2v) is 4.58. The van der Waals surface area contributed by atoms with E-state index in [-0.39, 0.29) is 5.56 Å². The van der Waals surface area contributed by atoms with Gasteiger partial charge in [0.1, 0.15) is 6.04 Å². The van der Waals surface area contributed by atoms with Crippen LogP contribution in [0.2, 0.25) is 0 Å². The molecule has 100 valence electrons. The molecule has 1 aromatic rings. The standard InChI is InChI=1S/C12H14F3NO2/c1-11(2,9(16)10(17)18)7-5-3-4-6-8(7)12(13,14)15/h3-6,9H,16H2,1-2H3,(H,17,18). The Bertz CT molecular complexity index is 455. The predicted octanol–water partition coefficient (Wildman–Crippen LogP) is 2.39. The fourth-order valence-corrected chi connectivity index (χ4v) is 1.77. The number of hydrogen-bond donors (Lipinski definition) is 2. The number of nitrogens with two attached hydrogens (primary N) is 1. The fourth-order valence-electron chi connectivity index (χ4n) is 1.77. The number of benzene rings is 1. The number of hydrogen-bond acceptors (Lipinski definition) is 2. The van der Waals surface area contributed by atoms with Gasteiger partial charge in [0.25, 0.3) is 0 Å². The summed E-state index contributed by atoms with van der Waals surface area (Å²) in [5.74, 6) is -1.34. The maximum absolute atomic E-state index is 12.9. The van der Waals surface area contributed by atoms with Crippen molar-refractivity contribution in [2.75, 3.05) is 0 Å². The van der Waals surface area contributed by atoms with Crippen molar-refractivity contribution < 1.29 is 23.1 Å². The highest BCUT2D eigenvalue weighted by molar-refractivity contribution is 5.75. The molecule has 0 spiro atoms. The van der Waals surface area contributed by atoms with Gasteiger partial charge in [0.15, 0.2) is 0 Å². The third-order valence-corrected chi connectivity index (χ3v) is 2.97. The van der Waals surface area contributed by atoms with E-state index in [2.05, 4.69) is 0 Å². The lowest BCUT2D eigenvalue weighted by Crippen LogP contribution is -2.47. The van der Waals surface area contributed by atoms with Crippen molar-refractivity contribution >= 4 is 5.97 Å². The van der Waals surface area contributed by atoms with Crippen LogP contribution in [0.1, 0.15) is 25.0 Å². The van der Waals surface area contributed by atoms with Crippen LogP contribution in [0.15, 0.2) is 24.3 Å². The van der Waals surface area contributed by atoms with Crippen molar-refractivity contribution in [1.29, 1.82) is 0 Å². The van der Waals surface area contributed by atoms with Gasteiger partial charge in [-0.1, -0.05) is 32.0 Å². The van der Waals surface area contributed by atoms with E-state index < -0.39 is 29.2 Å². The van der Waals surface area contributed by atoms with Gasteiger partial charge in [-0.25, -0.2) is 0 Å². The molecule has 0 saturated heterocycles. The summed E-state index contributed by atoms with van der Waals surface area (Å²) in [4.78, 5) is 10.9. The first-order valence-electron chi connectivity index (χ1n) is 5.23. The van der Waals surface area contributed by atoms with E-state index in [4.69, 9.17) is 10.8 Å². The number of carboxylic acids is 1.